The molecule has 0 spiro atoms. The summed E-state index contributed by atoms with van der Waals surface area (Å²) in [5, 5.41) is 3.01. The quantitative estimate of drug-likeness (QED) is 0.722. The molecule has 0 saturated carbocycles. The minimum atomic E-state index is -0.695. The number of esters is 1. The number of anilines is 1. The first-order chi connectivity index (χ1) is 11.2. The Morgan fingerprint density at radius 2 is 2.22 bits per heavy atom. The highest BCUT2D eigenvalue weighted by atomic mass is 32.1. The van der Waals surface area contributed by atoms with E-state index in [4.69, 9.17) is 13.9 Å². The third-order valence-corrected chi connectivity index (χ3v) is 3.83. The fourth-order valence-corrected chi connectivity index (χ4v) is 2.75. The van der Waals surface area contributed by atoms with Gasteiger partial charge in [-0.2, -0.15) is 0 Å². The minimum absolute atomic E-state index is 0.0462. The van der Waals surface area contributed by atoms with E-state index < -0.39 is 18.5 Å². The molecule has 118 valence electrons. The Morgan fingerprint density at radius 3 is 2.96 bits per heavy atom. The second-order valence-electron chi connectivity index (χ2n) is 4.45. The Hall–Kier alpha value is -2.87. The SMILES string of the molecule is COc1ccc2nc(NC(=O)COC(=O)c3ccco3)sc2c1. The van der Waals surface area contributed by atoms with Crippen molar-refractivity contribution in [3.05, 3.63) is 42.4 Å². The normalized spacial score (nSPS) is 10.5. The Balaban J connectivity index is 1.60. The Bertz CT molecular complexity index is 841. The molecule has 0 atom stereocenters. The van der Waals surface area contributed by atoms with Crippen molar-refractivity contribution < 1.29 is 23.5 Å². The van der Waals surface area contributed by atoms with Crippen LogP contribution in [-0.2, 0) is 9.53 Å². The third kappa shape index (κ3) is 3.49. The van der Waals surface area contributed by atoms with Gasteiger partial charge in [-0.25, -0.2) is 9.78 Å². The zero-order valence-electron chi connectivity index (χ0n) is 12.1. The number of benzene rings is 1. The van der Waals surface area contributed by atoms with Crippen LogP contribution in [0, 0.1) is 0 Å². The lowest BCUT2D eigenvalue weighted by molar-refractivity contribution is -0.119. The number of methoxy groups -OCH3 is 1. The van der Waals surface area contributed by atoms with Gasteiger partial charge in [-0.3, -0.25) is 10.1 Å². The second kappa shape index (κ2) is 6.49. The van der Waals surface area contributed by atoms with Crippen LogP contribution in [-0.4, -0.2) is 30.6 Å². The van der Waals surface area contributed by atoms with Crippen LogP contribution in [0.2, 0.25) is 0 Å². The van der Waals surface area contributed by atoms with Crippen LogP contribution in [0.1, 0.15) is 10.6 Å². The molecule has 3 rings (SSSR count). The summed E-state index contributed by atoms with van der Waals surface area (Å²) in [6, 6.07) is 8.45. The summed E-state index contributed by atoms with van der Waals surface area (Å²) in [6.07, 6.45) is 1.35. The van der Waals surface area contributed by atoms with Crippen LogP contribution in [0.3, 0.4) is 0 Å². The lowest BCUT2D eigenvalue weighted by Crippen LogP contribution is -2.20. The van der Waals surface area contributed by atoms with Crippen LogP contribution in [0.4, 0.5) is 5.13 Å². The number of amides is 1. The van der Waals surface area contributed by atoms with Gasteiger partial charge in [0.05, 0.1) is 23.6 Å². The molecule has 0 fully saturated rings. The maximum Gasteiger partial charge on any atom is 0.374 e. The summed E-state index contributed by atoms with van der Waals surface area (Å²) in [5.74, 6) is -0.411. The number of rotatable bonds is 5. The van der Waals surface area contributed by atoms with Crippen molar-refractivity contribution in [3.63, 3.8) is 0 Å². The van der Waals surface area contributed by atoms with Crippen LogP contribution >= 0.6 is 11.3 Å². The molecule has 1 amide bonds. The maximum atomic E-state index is 11.8. The largest absolute Gasteiger partial charge is 0.497 e. The summed E-state index contributed by atoms with van der Waals surface area (Å²) >= 11 is 1.31. The van der Waals surface area contributed by atoms with E-state index in [-0.39, 0.29) is 5.76 Å². The fourth-order valence-electron chi connectivity index (χ4n) is 1.84. The Labute approximate surface area is 134 Å². The first kappa shape index (κ1) is 15.0. The molecule has 0 aliphatic heterocycles. The highest BCUT2D eigenvalue weighted by molar-refractivity contribution is 7.22. The molecule has 1 aromatic carbocycles. The summed E-state index contributed by atoms with van der Waals surface area (Å²) < 4.78 is 15.7. The minimum Gasteiger partial charge on any atom is -0.497 e. The van der Waals surface area contributed by atoms with Crippen LogP contribution < -0.4 is 10.1 Å². The average Bonchev–Trinajstić information content (AvgIpc) is 3.20. The molecular weight excluding hydrogens is 320 g/mol. The number of thiazole rings is 1. The molecule has 7 nitrogen and oxygen atoms in total. The van der Waals surface area contributed by atoms with Crippen molar-refractivity contribution >= 4 is 38.6 Å². The molecule has 2 heterocycles. The molecule has 0 unspecified atom stereocenters. The van der Waals surface area contributed by atoms with Gasteiger partial charge in [0, 0.05) is 0 Å². The monoisotopic (exact) mass is 332 g/mol. The predicted molar refractivity (Wildman–Crippen MR) is 83.8 cm³/mol. The number of furan rings is 1. The maximum absolute atomic E-state index is 11.8. The van der Waals surface area contributed by atoms with Gasteiger partial charge in [0.15, 0.2) is 11.7 Å². The molecule has 1 N–H and O–H groups in total. The van der Waals surface area contributed by atoms with E-state index in [0.29, 0.717) is 10.9 Å². The first-order valence-electron chi connectivity index (χ1n) is 6.61. The number of aromatic nitrogens is 1. The summed E-state index contributed by atoms with van der Waals surface area (Å²) in [6.45, 7) is -0.418. The van der Waals surface area contributed by atoms with Crippen molar-refractivity contribution in [1.29, 1.82) is 0 Å². The summed E-state index contributed by atoms with van der Waals surface area (Å²) in [7, 11) is 1.58. The van der Waals surface area contributed by atoms with Gasteiger partial charge < -0.3 is 13.9 Å². The van der Waals surface area contributed by atoms with Gasteiger partial charge in [-0.05, 0) is 30.3 Å². The van der Waals surface area contributed by atoms with Crippen LogP contribution in [0.25, 0.3) is 10.2 Å². The van der Waals surface area contributed by atoms with Gasteiger partial charge in [0.1, 0.15) is 5.75 Å². The van der Waals surface area contributed by atoms with Gasteiger partial charge in [-0.1, -0.05) is 11.3 Å². The first-order valence-corrected chi connectivity index (χ1v) is 7.42. The highest BCUT2D eigenvalue weighted by Gasteiger charge is 2.14. The lowest BCUT2D eigenvalue weighted by Gasteiger charge is -2.02. The third-order valence-electron chi connectivity index (χ3n) is 2.90. The van der Waals surface area contributed by atoms with Crippen molar-refractivity contribution in [2.45, 2.75) is 0 Å². The Morgan fingerprint density at radius 1 is 1.35 bits per heavy atom. The van der Waals surface area contributed by atoms with E-state index in [1.165, 1.54) is 23.7 Å². The lowest BCUT2D eigenvalue weighted by atomic mass is 10.3. The molecule has 0 radical (unpaired) electrons. The summed E-state index contributed by atoms with van der Waals surface area (Å²) in [4.78, 5) is 27.6. The van der Waals surface area contributed by atoms with Crippen LogP contribution in [0.5, 0.6) is 5.75 Å². The fraction of sp³-hybridized carbons (Fsp3) is 0.133. The number of carbonyl (C=O) groups excluding carboxylic acids is 2. The zero-order chi connectivity index (χ0) is 16.2. The van der Waals surface area contributed by atoms with Gasteiger partial charge in [0.2, 0.25) is 5.76 Å². The number of hydrogen-bond donors (Lipinski definition) is 1. The molecule has 3 aromatic rings. The molecule has 0 aliphatic rings. The molecule has 8 heteroatoms. The van der Waals surface area contributed by atoms with Crippen LogP contribution in [0.15, 0.2) is 41.0 Å². The average molecular weight is 332 g/mol. The van der Waals surface area contributed by atoms with E-state index >= 15 is 0 Å². The number of fused-ring (bicyclic) bond motifs is 1. The number of carbonyl (C=O) groups is 2. The standard InChI is InChI=1S/C15H12N2O5S/c1-20-9-4-5-10-12(7-9)23-15(16-10)17-13(18)8-22-14(19)11-3-2-6-21-11/h2-7H,8H2,1H3,(H,16,17,18). The molecular formula is C15H12N2O5S. The number of hydrogen-bond acceptors (Lipinski definition) is 7. The summed E-state index contributed by atoms with van der Waals surface area (Å²) in [5.41, 5.74) is 0.749. The molecule has 23 heavy (non-hydrogen) atoms. The van der Waals surface area contributed by atoms with E-state index in [1.54, 1.807) is 25.3 Å². The van der Waals surface area contributed by atoms with Crippen molar-refractivity contribution in [3.8, 4) is 5.75 Å². The van der Waals surface area contributed by atoms with Gasteiger partial charge in [0.25, 0.3) is 5.91 Å². The van der Waals surface area contributed by atoms with E-state index in [2.05, 4.69) is 10.3 Å². The van der Waals surface area contributed by atoms with Crippen molar-refractivity contribution in [2.24, 2.45) is 0 Å². The highest BCUT2D eigenvalue weighted by Crippen LogP contribution is 2.29. The van der Waals surface area contributed by atoms with E-state index in [0.717, 1.165) is 10.2 Å². The molecule has 0 saturated heterocycles. The number of nitrogens with one attached hydrogen (secondary N) is 1. The molecule has 0 aliphatic carbocycles. The van der Waals surface area contributed by atoms with E-state index in [9.17, 15) is 9.59 Å². The van der Waals surface area contributed by atoms with Crippen molar-refractivity contribution in [2.75, 3.05) is 19.0 Å². The van der Waals surface area contributed by atoms with Crippen molar-refractivity contribution in [1.82, 2.24) is 4.98 Å². The predicted octanol–water partition coefficient (Wildman–Crippen LogP) is 2.69. The van der Waals surface area contributed by atoms with E-state index in [1.807, 2.05) is 6.07 Å². The molecule has 2 aromatic heterocycles. The smallest absolute Gasteiger partial charge is 0.374 e. The number of nitrogens with zero attached hydrogens (tertiary/aromatic N) is 1. The second-order valence-corrected chi connectivity index (χ2v) is 5.48. The number of ether oxygens (including phenoxy) is 2. The van der Waals surface area contributed by atoms with Gasteiger partial charge >= 0.3 is 5.97 Å². The van der Waals surface area contributed by atoms with Gasteiger partial charge in [-0.15, -0.1) is 0 Å². The molecule has 0 bridgehead atoms. The zero-order valence-corrected chi connectivity index (χ0v) is 12.9. The topological polar surface area (TPSA) is 90.7 Å². The Kier molecular flexibility index (Phi) is 4.24.